The zero-order chi connectivity index (χ0) is 9.28. The predicted molar refractivity (Wildman–Crippen MR) is 41.1 cm³/mol. The zero-order valence-corrected chi connectivity index (χ0v) is 7.09. The van der Waals surface area contributed by atoms with Crippen LogP contribution in [-0.2, 0) is 4.79 Å². The molecule has 0 amide bonds. The van der Waals surface area contributed by atoms with Crippen molar-refractivity contribution in [3.63, 3.8) is 0 Å². The third-order valence-electron chi connectivity index (χ3n) is 1.29. The van der Waals surface area contributed by atoms with Crippen LogP contribution in [-0.4, -0.2) is 27.3 Å². The van der Waals surface area contributed by atoms with Gasteiger partial charge in [-0.3, -0.25) is 4.79 Å². The summed E-state index contributed by atoms with van der Waals surface area (Å²) in [6.07, 6.45) is 0.0370. The summed E-state index contributed by atoms with van der Waals surface area (Å²) in [5.41, 5.74) is 3.00. The summed E-state index contributed by atoms with van der Waals surface area (Å²) >= 11 is 0. The molecule has 0 saturated heterocycles. The number of carboxylic acids is 1. The molecule has 0 rings (SSSR count). The van der Waals surface area contributed by atoms with Gasteiger partial charge in [0.1, 0.15) is 5.54 Å². The first-order valence-electron chi connectivity index (χ1n) is 3.40. The number of aliphatic hydroxyl groups is 1. The largest absolute Gasteiger partial charge is 0.480 e. The zero-order valence-electron chi connectivity index (χ0n) is 7.09. The monoisotopic (exact) mass is 161 g/mol. The van der Waals surface area contributed by atoms with Crippen LogP contribution in [0.5, 0.6) is 0 Å². The van der Waals surface area contributed by atoms with Crippen molar-refractivity contribution in [3.8, 4) is 0 Å². The molecule has 0 radical (unpaired) electrons. The molecule has 0 aromatic rings. The van der Waals surface area contributed by atoms with Gasteiger partial charge in [0.05, 0.1) is 5.60 Å². The summed E-state index contributed by atoms with van der Waals surface area (Å²) in [5, 5.41) is 17.8. The van der Waals surface area contributed by atoms with Crippen LogP contribution in [0.15, 0.2) is 0 Å². The number of hydrogen-bond donors (Lipinski definition) is 3. The summed E-state index contributed by atoms with van der Waals surface area (Å²) < 4.78 is 0. The minimum atomic E-state index is -1.35. The quantitative estimate of drug-likeness (QED) is 0.542. The van der Waals surface area contributed by atoms with Crippen molar-refractivity contribution in [3.05, 3.63) is 0 Å². The second-order valence-electron chi connectivity index (χ2n) is 3.71. The molecule has 0 saturated carbocycles. The molecule has 66 valence electrons. The summed E-state index contributed by atoms with van der Waals surface area (Å²) in [6.45, 7) is 4.44. The van der Waals surface area contributed by atoms with Crippen molar-refractivity contribution in [1.82, 2.24) is 0 Å². The maximum Gasteiger partial charge on any atom is 0.323 e. The van der Waals surface area contributed by atoms with Crippen LogP contribution in [0, 0.1) is 0 Å². The van der Waals surface area contributed by atoms with Crippen molar-refractivity contribution < 1.29 is 15.0 Å². The molecule has 4 nitrogen and oxygen atoms in total. The first-order valence-corrected chi connectivity index (χ1v) is 3.40. The van der Waals surface area contributed by atoms with E-state index in [4.69, 9.17) is 10.8 Å². The lowest BCUT2D eigenvalue weighted by atomic mass is 9.89. The summed E-state index contributed by atoms with van der Waals surface area (Å²) in [5.74, 6) is -1.10. The number of carboxylic acid groups (broad SMARTS) is 1. The Morgan fingerprint density at radius 1 is 1.45 bits per heavy atom. The van der Waals surface area contributed by atoms with E-state index in [0.717, 1.165) is 0 Å². The van der Waals surface area contributed by atoms with E-state index < -0.39 is 17.1 Å². The SMILES string of the molecule is CC(C)(O)CC(C)(N)C(=O)O. The third kappa shape index (κ3) is 3.95. The van der Waals surface area contributed by atoms with Gasteiger partial charge in [0.25, 0.3) is 0 Å². The van der Waals surface area contributed by atoms with E-state index in [2.05, 4.69) is 0 Å². The summed E-state index contributed by atoms with van der Waals surface area (Å²) in [7, 11) is 0. The molecule has 0 bridgehead atoms. The van der Waals surface area contributed by atoms with Crippen molar-refractivity contribution in [2.75, 3.05) is 0 Å². The highest BCUT2D eigenvalue weighted by Crippen LogP contribution is 2.17. The smallest absolute Gasteiger partial charge is 0.323 e. The Morgan fingerprint density at radius 3 is 1.91 bits per heavy atom. The molecule has 0 aliphatic rings. The maximum absolute atomic E-state index is 10.5. The van der Waals surface area contributed by atoms with Crippen LogP contribution in [0.2, 0.25) is 0 Å². The maximum atomic E-state index is 10.5. The van der Waals surface area contributed by atoms with Gasteiger partial charge in [0, 0.05) is 6.42 Å². The van der Waals surface area contributed by atoms with Gasteiger partial charge in [-0.25, -0.2) is 0 Å². The highest BCUT2D eigenvalue weighted by atomic mass is 16.4. The molecular weight excluding hydrogens is 146 g/mol. The molecule has 4 heteroatoms. The average molecular weight is 161 g/mol. The van der Waals surface area contributed by atoms with E-state index in [-0.39, 0.29) is 6.42 Å². The Labute approximate surface area is 66.0 Å². The lowest BCUT2D eigenvalue weighted by Gasteiger charge is -2.27. The molecule has 0 spiro atoms. The molecule has 0 aromatic heterocycles. The molecule has 11 heavy (non-hydrogen) atoms. The highest BCUT2D eigenvalue weighted by molar-refractivity contribution is 5.77. The molecule has 4 N–H and O–H groups in total. The fourth-order valence-corrected chi connectivity index (χ4v) is 0.974. The second kappa shape index (κ2) is 2.79. The normalized spacial score (nSPS) is 17.5. The molecule has 1 atom stereocenters. The van der Waals surface area contributed by atoms with Crippen molar-refractivity contribution in [2.24, 2.45) is 5.73 Å². The fraction of sp³-hybridized carbons (Fsp3) is 0.857. The van der Waals surface area contributed by atoms with E-state index in [1.165, 1.54) is 20.8 Å². The first-order chi connectivity index (χ1) is 4.65. The molecule has 0 heterocycles. The first kappa shape index (κ1) is 10.4. The number of nitrogens with two attached hydrogens (primary N) is 1. The van der Waals surface area contributed by atoms with Gasteiger partial charge in [-0.2, -0.15) is 0 Å². The van der Waals surface area contributed by atoms with Crippen molar-refractivity contribution >= 4 is 5.97 Å². The van der Waals surface area contributed by atoms with Crippen molar-refractivity contribution in [1.29, 1.82) is 0 Å². The molecular formula is C7H15NO3. The van der Waals surface area contributed by atoms with Gasteiger partial charge in [-0.15, -0.1) is 0 Å². The Bertz CT molecular complexity index is 158. The average Bonchev–Trinajstić information content (AvgIpc) is 1.56. The lowest BCUT2D eigenvalue weighted by molar-refractivity contribution is -0.144. The van der Waals surface area contributed by atoms with Crippen molar-refractivity contribution in [2.45, 2.75) is 38.3 Å². The molecule has 0 fully saturated rings. The Balaban J connectivity index is 4.25. The van der Waals surface area contributed by atoms with E-state index in [0.29, 0.717) is 0 Å². The molecule has 0 aliphatic heterocycles. The van der Waals surface area contributed by atoms with E-state index >= 15 is 0 Å². The predicted octanol–water partition coefficient (Wildman–Crippen LogP) is -0.0506. The topological polar surface area (TPSA) is 83.5 Å². The van der Waals surface area contributed by atoms with Crippen LogP contribution < -0.4 is 5.73 Å². The second-order valence-corrected chi connectivity index (χ2v) is 3.71. The Morgan fingerprint density at radius 2 is 1.82 bits per heavy atom. The van der Waals surface area contributed by atoms with Gasteiger partial charge >= 0.3 is 5.97 Å². The van der Waals surface area contributed by atoms with Gasteiger partial charge in [0.15, 0.2) is 0 Å². The minimum Gasteiger partial charge on any atom is -0.480 e. The number of carbonyl (C=O) groups is 1. The van der Waals surface area contributed by atoms with Crippen LogP contribution in [0.4, 0.5) is 0 Å². The van der Waals surface area contributed by atoms with E-state index in [1.54, 1.807) is 0 Å². The summed E-state index contributed by atoms with van der Waals surface area (Å²) in [4.78, 5) is 10.5. The lowest BCUT2D eigenvalue weighted by Crippen LogP contribution is -2.49. The van der Waals surface area contributed by atoms with E-state index in [1.807, 2.05) is 0 Å². The molecule has 1 unspecified atom stereocenters. The Hall–Kier alpha value is -0.610. The van der Waals surface area contributed by atoms with Crippen LogP contribution in [0.25, 0.3) is 0 Å². The number of hydrogen-bond acceptors (Lipinski definition) is 3. The van der Waals surface area contributed by atoms with Gasteiger partial charge < -0.3 is 15.9 Å². The number of rotatable bonds is 3. The highest BCUT2D eigenvalue weighted by Gasteiger charge is 2.33. The molecule has 0 aliphatic carbocycles. The number of aliphatic carboxylic acids is 1. The molecule has 0 aromatic carbocycles. The fourth-order valence-electron chi connectivity index (χ4n) is 0.974. The van der Waals surface area contributed by atoms with Gasteiger partial charge in [0.2, 0.25) is 0 Å². The Kier molecular flexibility index (Phi) is 2.64. The van der Waals surface area contributed by atoms with Gasteiger partial charge in [-0.05, 0) is 20.8 Å². The van der Waals surface area contributed by atoms with Crippen LogP contribution >= 0.6 is 0 Å². The third-order valence-corrected chi connectivity index (χ3v) is 1.29. The van der Waals surface area contributed by atoms with Crippen LogP contribution in [0.1, 0.15) is 27.2 Å². The standard InChI is InChI=1S/C7H15NO3/c1-6(2,11)4-7(3,8)5(9)10/h11H,4,8H2,1-3H3,(H,9,10). The van der Waals surface area contributed by atoms with E-state index in [9.17, 15) is 9.90 Å². The van der Waals surface area contributed by atoms with Crippen LogP contribution in [0.3, 0.4) is 0 Å². The van der Waals surface area contributed by atoms with Gasteiger partial charge in [-0.1, -0.05) is 0 Å². The summed E-state index contributed by atoms with van der Waals surface area (Å²) in [6, 6.07) is 0. The minimum absolute atomic E-state index is 0.0370.